The number of hydrogen-bond donors (Lipinski definition) is 0. The van der Waals surface area contributed by atoms with E-state index in [1.807, 2.05) is 0 Å². The minimum Gasteiger partial charge on any atom is -0.543 e. The van der Waals surface area contributed by atoms with Crippen LogP contribution in [-0.2, 0) is 9.59 Å². The lowest BCUT2D eigenvalue weighted by Gasteiger charge is -2.23. The van der Waals surface area contributed by atoms with E-state index in [1.54, 1.807) is 0 Å². The first kappa shape index (κ1) is 53.2. The summed E-state index contributed by atoms with van der Waals surface area (Å²) < 4.78 is 2.25. The zero-order valence-corrected chi connectivity index (χ0v) is 35.6. The molecule has 0 N–H and O–H groups in total. The van der Waals surface area contributed by atoms with E-state index in [0.717, 1.165) is 8.97 Å². The molecule has 0 amide bonds. The van der Waals surface area contributed by atoms with Crippen molar-refractivity contribution in [3.63, 3.8) is 0 Å². The Hall–Kier alpha value is -1.14. The molecule has 0 unspecified atom stereocenters. The first-order chi connectivity index (χ1) is 23.8. The highest BCUT2D eigenvalue weighted by Crippen LogP contribution is 2.15. The molecule has 0 spiro atoms. The van der Waals surface area contributed by atoms with Gasteiger partial charge in [0.15, 0.2) is 0 Å². The van der Waals surface area contributed by atoms with Crippen molar-refractivity contribution in [2.75, 3.05) is 55.4 Å². The minimum absolute atomic E-state index is 1.12. The van der Waals surface area contributed by atoms with Crippen LogP contribution in [0.1, 0.15) is 219 Å². The smallest absolute Gasteiger partial charge is 0.0870 e. The lowest BCUT2D eigenvalue weighted by Crippen LogP contribution is -2.42. The largest absolute Gasteiger partial charge is 0.543 e. The molecular weight excluding hydrogens is 620 g/mol. The Bertz CT molecular complexity index is 626. The highest BCUT2D eigenvalue weighted by molar-refractivity contribution is 6.25. The monoisotopic (exact) mass is 713 g/mol. The third-order valence-corrected chi connectivity index (χ3v) is 9.53. The summed E-state index contributed by atoms with van der Waals surface area (Å²) in [5, 5.41) is 17.9. The second-order valence-electron chi connectivity index (χ2n) is 17.2. The summed E-state index contributed by atoms with van der Waals surface area (Å²) in [6, 6.07) is 0. The van der Waals surface area contributed by atoms with Gasteiger partial charge in [0.05, 0.1) is 67.3 Å². The van der Waals surface area contributed by atoms with Crippen LogP contribution in [-0.4, -0.2) is 76.3 Å². The summed E-state index contributed by atoms with van der Waals surface area (Å²) in [4.78, 5) is 17.9. The maximum absolute atomic E-state index is 8.93. The number of hydrogen-bond acceptors (Lipinski definition) is 4. The second-order valence-corrected chi connectivity index (χ2v) is 17.2. The van der Waals surface area contributed by atoms with Gasteiger partial charge in [0.25, 0.3) is 0 Å². The summed E-state index contributed by atoms with van der Waals surface area (Å²) in [6.45, 7) is 7.26. The Kier molecular flexibility index (Phi) is 43.2. The van der Waals surface area contributed by atoms with Crippen LogP contribution in [0, 0.1) is 0 Å². The van der Waals surface area contributed by atoms with Gasteiger partial charge >= 0.3 is 0 Å². The molecule has 0 radical (unpaired) electrons. The van der Waals surface area contributed by atoms with Crippen molar-refractivity contribution in [3.05, 3.63) is 0 Å². The van der Waals surface area contributed by atoms with Gasteiger partial charge in [-0.1, -0.05) is 194 Å². The quantitative estimate of drug-likeness (QED) is 0.0378. The molecule has 0 aromatic rings. The topological polar surface area (TPSA) is 80.3 Å². The molecule has 302 valence electrons. The molecular formula is C44H92N2O4. The van der Waals surface area contributed by atoms with Crippen molar-refractivity contribution >= 4 is 11.9 Å². The van der Waals surface area contributed by atoms with E-state index in [9.17, 15) is 0 Å². The summed E-state index contributed by atoms with van der Waals surface area (Å²) in [7, 11) is 13.8. The minimum atomic E-state index is -2.19. The summed E-state index contributed by atoms with van der Waals surface area (Å²) in [5.74, 6) is -4.37. The molecule has 0 fully saturated rings. The van der Waals surface area contributed by atoms with E-state index < -0.39 is 11.9 Å². The molecule has 0 heterocycles. The fraction of sp³-hybridized carbons (Fsp3) is 0.955. The molecule has 0 rings (SSSR count). The van der Waals surface area contributed by atoms with E-state index in [-0.39, 0.29) is 0 Å². The van der Waals surface area contributed by atoms with Crippen LogP contribution in [0.2, 0.25) is 0 Å². The molecule has 0 aliphatic heterocycles. The van der Waals surface area contributed by atoms with Crippen molar-refractivity contribution in [1.82, 2.24) is 0 Å². The number of carbonyl (C=O) groups excluding carboxylic acids is 2. The van der Waals surface area contributed by atoms with Crippen LogP contribution >= 0.6 is 0 Å². The maximum atomic E-state index is 8.93. The van der Waals surface area contributed by atoms with Crippen LogP contribution in [0.3, 0.4) is 0 Å². The van der Waals surface area contributed by atoms with Gasteiger partial charge in [-0.25, -0.2) is 0 Å². The predicted octanol–water partition coefficient (Wildman–Crippen LogP) is 10.4. The van der Waals surface area contributed by atoms with Gasteiger partial charge in [-0.3, -0.25) is 0 Å². The van der Waals surface area contributed by atoms with Gasteiger partial charge in [-0.15, -0.1) is 0 Å². The molecule has 0 saturated heterocycles. The van der Waals surface area contributed by atoms with Gasteiger partial charge in [0, 0.05) is 0 Å². The fourth-order valence-electron chi connectivity index (χ4n) is 6.27. The number of carbonyl (C=O) groups is 2. The normalized spacial score (nSPS) is 11.4. The molecule has 0 aromatic heterocycles. The third-order valence-electron chi connectivity index (χ3n) is 9.53. The zero-order valence-electron chi connectivity index (χ0n) is 35.6. The van der Waals surface area contributed by atoms with Crippen LogP contribution in [0.5, 0.6) is 0 Å². The lowest BCUT2D eigenvalue weighted by atomic mass is 10.0. The number of unbranched alkanes of at least 4 members (excludes halogenated alkanes) is 30. The van der Waals surface area contributed by atoms with Crippen molar-refractivity contribution in [1.29, 1.82) is 0 Å². The summed E-state index contributed by atoms with van der Waals surface area (Å²) in [6.07, 6.45) is 46.7. The Morgan fingerprint density at radius 2 is 0.440 bits per heavy atom. The van der Waals surface area contributed by atoms with Gasteiger partial charge in [-0.2, -0.15) is 0 Å². The van der Waals surface area contributed by atoms with E-state index in [0.29, 0.717) is 0 Å². The van der Waals surface area contributed by atoms with Crippen LogP contribution < -0.4 is 10.2 Å². The zero-order chi connectivity index (χ0) is 38.2. The van der Waals surface area contributed by atoms with E-state index in [2.05, 4.69) is 56.1 Å². The number of quaternary nitrogens is 2. The van der Waals surface area contributed by atoms with Gasteiger partial charge in [0.2, 0.25) is 0 Å². The van der Waals surface area contributed by atoms with Crippen molar-refractivity contribution in [2.45, 2.75) is 219 Å². The highest BCUT2D eigenvalue weighted by Gasteiger charge is 2.06. The second kappa shape index (κ2) is 40.6. The number of nitrogens with zero attached hydrogens (tertiary/aromatic N) is 2. The molecule has 0 aliphatic rings. The van der Waals surface area contributed by atoms with Crippen LogP contribution in [0.15, 0.2) is 0 Å². The Labute approximate surface area is 314 Å². The summed E-state index contributed by atoms with van der Waals surface area (Å²) in [5.41, 5.74) is 0. The van der Waals surface area contributed by atoms with Gasteiger partial charge in [0.1, 0.15) is 0 Å². The average Bonchev–Trinajstić information content (AvgIpc) is 3.04. The molecule has 0 saturated carbocycles. The van der Waals surface area contributed by atoms with Crippen LogP contribution in [0.25, 0.3) is 0 Å². The summed E-state index contributed by atoms with van der Waals surface area (Å²) >= 11 is 0. The van der Waals surface area contributed by atoms with E-state index >= 15 is 0 Å². The van der Waals surface area contributed by atoms with Crippen molar-refractivity contribution in [2.24, 2.45) is 0 Å². The average molecular weight is 713 g/mol. The van der Waals surface area contributed by atoms with Crippen molar-refractivity contribution < 1.29 is 28.8 Å². The Balaban J connectivity index is -0.000000758. The molecule has 0 atom stereocenters. The predicted molar refractivity (Wildman–Crippen MR) is 215 cm³/mol. The number of rotatable bonds is 34. The van der Waals surface area contributed by atoms with Crippen molar-refractivity contribution in [3.8, 4) is 0 Å². The van der Waals surface area contributed by atoms with Gasteiger partial charge in [-0.05, 0) is 25.7 Å². The standard InChI is InChI=1S/2C21H46N.C2H2O4/c2*1-5-6-7-8-9-10-11-12-13-14-15-16-17-18-19-20-21-22(2,3)4;3-1(4)2(5)6/h2*5-21H2,1-4H3;(H,3,4)(H,5,6)/q2*+1;/p-2. The third kappa shape index (κ3) is 59.0. The SMILES string of the molecule is CCCCCCCCCCCCCCCCCC[N+](C)(C)C.CCCCCCCCCCCCCCCCCC[N+](C)(C)C.O=C([O-])C(=O)[O-]. The number of carboxylic acid groups (broad SMARTS) is 2. The highest BCUT2D eigenvalue weighted by atomic mass is 16.4. The first-order valence-corrected chi connectivity index (χ1v) is 21.8. The molecule has 50 heavy (non-hydrogen) atoms. The molecule has 0 bridgehead atoms. The molecule has 0 aromatic carbocycles. The first-order valence-electron chi connectivity index (χ1n) is 21.8. The fourth-order valence-corrected chi connectivity index (χ4v) is 6.27. The Morgan fingerprint density at radius 1 is 0.300 bits per heavy atom. The number of aliphatic carboxylic acids is 2. The van der Waals surface area contributed by atoms with Gasteiger partial charge < -0.3 is 28.8 Å². The van der Waals surface area contributed by atoms with E-state index in [1.165, 1.54) is 219 Å². The molecule has 0 aliphatic carbocycles. The number of carboxylic acids is 2. The van der Waals surface area contributed by atoms with E-state index in [4.69, 9.17) is 19.8 Å². The lowest BCUT2D eigenvalue weighted by molar-refractivity contribution is -0.870. The molecule has 6 nitrogen and oxygen atoms in total. The van der Waals surface area contributed by atoms with Crippen LogP contribution in [0.4, 0.5) is 0 Å². The Morgan fingerprint density at radius 3 is 0.560 bits per heavy atom. The maximum Gasteiger partial charge on any atom is 0.0870 e. The molecule has 6 heteroatoms.